The molecule has 4 aliphatic rings. The number of rotatable bonds is 4. The van der Waals surface area contributed by atoms with Crippen LogP contribution in [0, 0.1) is 11.8 Å². The molecule has 204 valence electrons. The Morgan fingerprint density at radius 3 is 2.47 bits per heavy atom. The number of aliphatic hydroxyl groups excluding tert-OH is 2. The van der Waals surface area contributed by atoms with Gasteiger partial charge in [-0.05, 0) is 65.4 Å². The Morgan fingerprint density at radius 1 is 1.24 bits per heavy atom. The van der Waals surface area contributed by atoms with Gasteiger partial charge in [0.2, 0.25) is 5.78 Å². The Kier molecular flexibility index (Phi) is 6.08. The van der Waals surface area contributed by atoms with Gasteiger partial charge in [0.1, 0.15) is 28.6 Å². The van der Waals surface area contributed by atoms with Gasteiger partial charge in [-0.3, -0.25) is 24.2 Å². The molecule has 1 fully saturated rings. The zero-order chi connectivity index (χ0) is 27.8. The molecule has 6 N–H and O–H groups in total. The number of phenolic OH excluding ortho intramolecular Hbond substituents is 1. The number of ether oxygens (including phenoxy) is 1. The van der Waals surface area contributed by atoms with E-state index in [9.17, 15) is 34.8 Å². The number of fused-ring (bicyclic) bond motifs is 3. The average Bonchev–Trinajstić information content (AvgIpc) is 3.26. The Balaban J connectivity index is 1.71. The second-order valence-electron chi connectivity index (χ2n) is 11.0. The molecule has 11 nitrogen and oxygen atoms in total. The van der Waals surface area contributed by atoms with E-state index in [2.05, 4.69) is 4.90 Å². The molecule has 1 aromatic carbocycles. The van der Waals surface area contributed by atoms with Crippen molar-refractivity contribution in [1.82, 2.24) is 9.80 Å². The van der Waals surface area contributed by atoms with Crippen molar-refractivity contribution < 1.29 is 39.5 Å². The molecular weight excluding hydrogens is 494 g/mol. The Bertz CT molecular complexity index is 1330. The minimum Gasteiger partial charge on any atom is -0.510 e. The van der Waals surface area contributed by atoms with Crippen LogP contribution in [-0.2, 0) is 16.0 Å². The van der Waals surface area contributed by atoms with Gasteiger partial charge in [-0.25, -0.2) is 0 Å². The molecule has 5 atom stereocenters. The van der Waals surface area contributed by atoms with Crippen LogP contribution in [0.15, 0.2) is 28.7 Å². The third-order valence-electron chi connectivity index (χ3n) is 8.79. The molecule has 3 aliphatic carbocycles. The largest absolute Gasteiger partial charge is 0.510 e. The lowest BCUT2D eigenvalue weighted by Gasteiger charge is -2.50. The molecule has 0 spiro atoms. The van der Waals surface area contributed by atoms with E-state index in [1.54, 1.807) is 14.1 Å². The fourth-order valence-electron chi connectivity index (χ4n) is 7.12. The lowest BCUT2D eigenvalue weighted by Crippen LogP contribution is -2.63. The maximum atomic E-state index is 13.8. The molecule has 1 saturated heterocycles. The van der Waals surface area contributed by atoms with Gasteiger partial charge in [-0.15, -0.1) is 0 Å². The number of Topliss-reactive ketones (excluding diaryl/α,β-unsaturated/α-hetero) is 2. The number of hydrogen-bond acceptors (Lipinski definition) is 10. The van der Waals surface area contributed by atoms with Crippen molar-refractivity contribution in [3.63, 3.8) is 0 Å². The van der Waals surface area contributed by atoms with Crippen LogP contribution in [0.4, 0.5) is 0 Å². The SMILES string of the molecule is COc1c(C2CCCN2C)cc(O)c2c1C[C@H]1C[C@H]3[C@H](N(C)C)C(O)=C(C(N)=O)C(=O)[C@@]3(O)C(O)=C1C2=O. The van der Waals surface area contributed by atoms with Gasteiger partial charge >= 0.3 is 0 Å². The molecule has 5 rings (SSSR count). The van der Waals surface area contributed by atoms with E-state index in [1.807, 2.05) is 7.05 Å². The topological polar surface area (TPSA) is 174 Å². The summed E-state index contributed by atoms with van der Waals surface area (Å²) < 4.78 is 5.80. The monoisotopic (exact) mass is 527 g/mol. The number of carbonyl (C=O) groups excluding carboxylic acids is 3. The number of primary amides is 1. The number of aliphatic hydroxyl groups is 3. The lowest BCUT2D eigenvalue weighted by atomic mass is 9.58. The minimum absolute atomic E-state index is 0.00133. The van der Waals surface area contributed by atoms with Gasteiger partial charge in [-0.1, -0.05) is 0 Å². The molecule has 1 unspecified atom stereocenters. The summed E-state index contributed by atoms with van der Waals surface area (Å²) >= 11 is 0. The molecule has 1 aromatic rings. The number of benzene rings is 1. The van der Waals surface area contributed by atoms with Crippen LogP contribution in [-0.4, -0.2) is 94.1 Å². The molecule has 0 aromatic heterocycles. The van der Waals surface area contributed by atoms with Crippen LogP contribution >= 0.6 is 0 Å². The fourth-order valence-corrected chi connectivity index (χ4v) is 7.12. The average molecular weight is 528 g/mol. The summed E-state index contributed by atoms with van der Waals surface area (Å²) in [4.78, 5) is 43.0. The number of hydrogen-bond donors (Lipinski definition) is 5. The van der Waals surface area contributed by atoms with Crippen molar-refractivity contribution in [3.8, 4) is 11.5 Å². The zero-order valence-corrected chi connectivity index (χ0v) is 21.8. The molecule has 38 heavy (non-hydrogen) atoms. The third-order valence-corrected chi connectivity index (χ3v) is 8.79. The van der Waals surface area contributed by atoms with E-state index in [4.69, 9.17) is 10.5 Å². The first-order valence-corrected chi connectivity index (χ1v) is 12.6. The van der Waals surface area contributed by atoms with E-state index in [0.717, 1.165) is 24.9 Å². The molecule has 0 radical (unpaired) electrons. The van der Waals surface area contributed by atoms with E-state index in [0.29, 0.717) is 11.3 Å². The van der Waals surface area contributed by atoms with Crippen molar-refractivity contribution in [1.29, 1.82) is 0 Å². The first kappa shape index (κ1) is 26.2. The van der Waals surface area contributed by atoms with Crippen molar-refractivity contribution in [2.45, 2.75) is 43.4 Å². The Morgan fingerprint density at radius 2 is 1.92 bits per heavy atom. The maximum Gasteiger partial charge on any atom is 0.255 e. The second kappa shape index (κ2) is 8.82. The predicted octanol–water partition coefficient (Wildman–Crippen LogP) is 0.896. The van der Waals surface area contributed by atoms with E-state index in [-0.39, 0.29) is 35.8 Å². The fraction of sp³-hybridized carbons (Fsp3) is 0.519. The van der Waals surface area contributed by atoms with E-state index in [1.165, 1.54) is 18.1 Å². The molecular formula is C27H33N3O8. The van der Waals surface area contributed by atoms with Crippen LogP contribution in [0.25, 0.3) is 0 Å². The number of aromatic hydroxyl groups is 1. The van der Waals surface area contributed by atoms with Gasteiger partial charge in [0.15, 0.2) is 11.4 Å². The molecule has 1 heterocycles. The lowest BCUT2D eigenvalue weighted by molar-refractivity contribution is -0.148. The minimum atomic E-state index is -2.66. The third kappa shape index (κ3) is 3.35. The highest BCUT2D eigenvalue weighted by Crippen LogP contribution is 2.54. The molecule has 11 heteroatoms. The highest BCUT2D eigenvalue weighted by molar-refractivity contribution is 6.24. The van der Waals surface area contributed by atoms with Crippen LogP contribution in [0.3, 0.4) is 0 Å². The number of amides is 1. The van der Waals surface area contributed by atoms with Crippen LogP contribution < -0.4 is 10.5 Å². The first-order valence-electron chi connectivity index (χ1n) is 12.6. The number of carbonyl (C=O) groups is 3. The number of phenols is 1. The van der Waals surface area contributed by atoms with Crippen LogP contribution in [0.5, 0.6) is 11.5 Å². The Hall–Kier alpha value is -3.41. The number of ketones is 2. The number of nitrogens with zero attached hydrogens (tertiary/aromatic N) is 2. The summed E-state index contributed by atoms with van der Waals surface area (Å²) in [6, 6.07) is 0.482. The molecule has 1 aliphatic heterocycles. The van der Waals surface area contributed by atoms with Crippen molar-refractivity contribution in [2.75, 3.05) is 34.8 Å². The zero-order valence-electron chi connectivity index (χ0n) is 21.8. The van der Waals surface area contributed by atoms with E-state index >= 15 is 0 Å². The van der Waals surface area contributed by atoms with Gasteiger partial charge in [0.05, 0.1) is 18.7 Å². The van der Waals surface area contributed by atoms with Gasteiger partial charge in [0, 0.05) is 28.7 Å². The smallest absolute Gasteiger partial charge is 0.255 e. The molecule has 0 bridgehead atoms. The number of likely N-dealkylation sites (tertiary alicyclic amines) is 1. The summed E-state index contributed by atoms with van der Waals surface area (Å²) in [5.41, 5.74) is 2.92. The number of allylic oxidation sites excluding steroid dienone is 1. The van der Waals surface area contributed by atoms with Crippen molar-refractivity contribution in [3.05, 3.63) is 45.4 Å². The van der Waals surface area contributed by atoms with Crippen LogP contribution in [0.1, 0.15) is 46.8 Å². The van der Waals surface area contributed by atoms with Crippen molar-refractivity contribution in [2.24, 2.45) is 17.6 Å². The van der Waals surface area contributed by atoms with Crippen LogP contribution in [0.2, 0.25) is 0 Å². The summed E-state index contributed by atoms with van der Waals surface area (Å²) in [6.45, 7) is 0.887. The molecule has 1 amide bonds. The molecule has 0 saturated carbocycles. The van der Waals surface area contributed by atoms with Gasteiger partial charge in [-0.2, -0.15) is 0 Å². The summed E-state index contributed by atoms with van der Waals surface area (Å²) in [5, 5.41) is 45.0. The van der Waals surface area contributed by atoms with Gasteiger partial charge in [0.25, 0.3) is 5.91 Å². The number of likely N-dealkylation sites (N-methyl/N-ethyl adjacent to an activating group) is 1. The summed E-state index contributed by atoms with van der Waals surface area (Å²) in [5.74, 6) is -6.21. The highest BCUT2D eigenvalue weighted by Gasteiger charge is 2.63. The highest BCUT2D eigenvalue weighted by atomic mass is 16.5. The number of methoxy groups -OCH3 is 1. The predicted molar refractivity (Wildman–Crippen MR) is 135 cm³/mol. The maximum absolute atomic E-state index is 13.8. The summed E-state index contributed by atoms with van der Waals surface area (Å²) in [7, 11) is 6.69. The summed E-state index contributed by atoms with van der Waals surface area (Å²) in [6.07, 6.45) is 2.07. The standard InChI is InChI=1S/C27H33N3O8/c1-29(2)20-14-9-11-8-13-18(16(31)10-12(23(13)38-4)15-6-5-7-30(15)3)21(32)17(11)24(34)27(14,37)25(35)19(22(20)33)26(28)36/h10-11,14-15,20,31,33-34,37H,5-9H2,1-4H3,(H2,28,36)/t11-,14-,15?,20-,27-/m0/s1. The second-order valence-corrected chi connectivity index (χ2v) is 11.0. The number of nitrogens with two attached hydrogens (primary N) is 1. The Labute approximate surface area is 219 Å². The van der Waals surface area contributed by atoms with Gasteiger partial charge < -0.3 is 30.9 Å². The normalized spacial score (nSPS) is 31.4. The van der Waals surface area contributed by atoms with E-state index < -0.39 is 58.0 Å². The van der Waals surface area contributed by atoms with Crippen molar-refractivity contribution >= 4 is 17.5 Å². The quantitative estimate of drug-likeness (QED) is 0.354. The first-order chi connectivity index (χ1) is 17.9.